The molecular formula is C18H19F3N2O. The van der Waals surface area contributed by atoms with Crippen LogP contribution in [0.2, 0.25) is 0 Å². The molecule has 1 atom stereocenters. The Morgan fingerprint density at radius 2 is 1.67 bits per heavy atom. The van der Waals surface area contributed by atoms with E-state index in [0.29, 0.717) is 0 Å². The minimum Gasteiger partial charge on any atom is -0.335 e. The summed E-state index contributed by atoms with van der Waals surface area (Å²) >= 11 is 0. The summed E-state index contributed by atoms with van der Waals surface area (Å²) in [4.78, 5) is 17.6. The molecule has 0 saturated carbocycles. The maximum Gasteiger partial charge on any atom is 0.433 e. The largest absolute Gasteiger partial charge is 0.433 e. The van der Waals surface area contributed by atoms with E-state index in [2.05, 4.69) is 4.98 Å². The Morgan fingerprint density at radius 3 is 2.17 bits per heavy atom. The summed E-state index contributed by atoms with van der Waals surface area (Å²) in [7, 11) is 1.63. The average Bonchev–Trinajstić information content (AvgIpc) is 2.52. The fourth-order valence-corrected chi connectivity index (χ4v) is 2.38. The molecule has 1 aromatic heterocycles. The van der Waals surface area contributed by atoms with Crippen molar-refractivity contribution in [1.82, 2.24) is 9.88 Å². The van der Waals surface area contributed by atoms with Crippen LogP contribution in [-0.4, -0.2) is 22.8 Å². The number of alkyl halides is 3. The number of aryl methyl sites for hydroxylation is 2. The molecular weight excluding hydrogens is 317 g/mol. The zero-order chi connectivity index (χ0) is 18.1. The van der Waals surface area contributed by atoms with Crippen LogP contribution in [0.3, 0.4) is 0 Å². The van der Waals surface area contributed by atoms with Gasteiger partial charge >= 0.3 is 6.18 Å². The van der Waals surface area contributed by atoms with Crippen molar-refractivity contribution in [2.24, 2.45) is 0 Å². The fourth-order valence-electron chi connectivity index (χ4n) is 2.38. The van der Waals surface area contributed by atoms with Gasteiger partial charge in [0.1, 0.15) is 5.69 Å². The van der Waals surface area contributed by atoms with E-state index in [1.165, 1.54) is 17.9 Å². The Bertz CT molecular complexity index is 739. The van der Waals surface area contributed by atoms with E-state index in [4.69, 9.17) is 0 Å². The zero-order valence-electron chi connectivity index (χ0n) is 14.0. The highest BCUT2D eigenvalue weighted by Gasteiger charge is 2.33. The number of aromatic nitrogens is 1. The molecule has 6 heteroatoms. The topological polar surface area (TPSA) is 33.2 Å². The lowest BCUT2D eigenvalue weighted by atomic mass is 10.0. The normalized spacial score (nSPS) is 12.8. The Labute approximate surface area is 139 Å². The molecule has 1 aromatic carbocycles. The minimum absolute atomic E-state index is 0.0674. The van der Waals surface area contributed by atoms with Crippen molar-refractivity contribution in [3.8, 4) is 0 Å². The van der Waals surface area contributed by atoms with E-state index in [1.54, 1.807) is 7.05 Å². The Hall–Kier alpha value is -2.37. The molecule has 0 saturated heterocycles. The molecule has 128 valence electrons. The molecule has 0 bridgehead atoms. The fraction of sp³-hybridized carbons (Fsp3) is 0.333. The summed E-state index contributed by atoms with van der Waals surface area (Å²) in [6.07, 6.45) is -4.52. The zero-order valence-corrected chi connectivity index (χ0v) is 14.0. The van der Waals surface area contributed by atoms with E-state index in [0.717, 1.165) is 17.2 Å². The molecule has 0 aliphatic carbocycles. The molecule has 2 rings (SSSR count). The first kappa shape index (κ1) is 18.0. The SMILES string of the molecule is Cc1ccc(C(C)N(C)C(=O)c2ccc(C(F)(F)F)nc2C)cc1. The number of rotatable bonds is 3. The third kappa shape index (κ3) is 3.75. The van der Waals surface area contributed by atoms with Gasteiger partial charge in [-0.2, -0.15) is 13.2 Å². The van der Waals surface area contributed by atoms with Crippen LogP contribution in [0.4, 0.5) is 13.2 Å². The monoisotopic (exact) mass is 336 g/mol. The number of halogens is 3. The van der Waals surface area contributed by atoms with E-state index >= 15 is 0 Å². The van der Waals surface area contributed by atoms with E-state index in [9.17, 15) is 18.0 Å². The summed E-state index contributed by atoms with van der Waals surface area (Å²) in [5.41, 5.74) is 1.31. The average molecular weight is 336 g/mol. The van der Waals surface area contributed by atoms with Gasteiger partial charge in [-0.1, -0.05) is 29.8 Å². The molecule has 0 fully saturated rings. The number of pyridine rings is 1. The molecule has 1 unspecified atom stereocenters. The third-order valence-corrected chi connectivity index (χ3v) is 4.07. The van der Waals surface area contributed by atoms with E-state index in [-0.39, 0.29) is 23.2 Å². The first-order chi connectivity index (χ1) is 11.1. The number of hydrogen-bond acceptors (Lipinski definition) is 2. The lowest BCUT2D eigenvalue weighted by Gasteiger charge is -2.26. The number of benzene rings is 1. The van der Waals surface area contributed by atoms with E-state index < -0.39 is 11.9 Å². The molecule has 0 N–H and O–H groups in total. The third-order valence-electron chi connectivity index (χ3n) is 4.07. The summed E-state index contributed by atoms with van der Waals surface area (Å²) in [6.45, 7) is 5.25. The van der Waals surface area contributed by atoms with Crippen molar-refractivity contribution in [3.63, 3.8) is 0 Å². The number of hydrogen-bond donors (Lipinski definition) is 0. The maximum atomic E-state index is 12.7. The lowest BCUT2D eigenvalue weighted by molar-refractivity contribution is -0.141. The molecule has 1 heterocycles. The van der Waals surface area contributed by atoms with Crippen LogP contribution in [-0.2, 0) is 6.18 Å². The Morgan fingerprint density at radius 1 is 1.08 bits per heavy atom. The highest BCUT2D eigenvalue weighted by Crippen LogP contribution is 2.29. The van der Waals surface area contributed by atoms with Crippen molar-refractivity contribution in [1.29, 1.82) is 0 Å². The summed E-state index contributed by atoms with van der Waals surface area (Å²) < 4.78 is 38.1. The van der Waals surface area contributed by atoms with Gasteiger partial charge in [-0.15, -0.1) is 0 Å². The van der Waals surface area contributed by atoms with Gasteiger partial charge in [0.2, 0.25) is 0 Å². The van der Waals surface area contributed by atoms with Gasteiger partial charge in [-0.3, -0.25) is 4.79 Å². The summed E-state index contributed by atoms with van der Waals surface area (Å²) in [6, 6.07) is 9.59. The first-order valence-corrected chi connectivity index (χ1v) is 7.50. The summed E-state index contributed by atoms with van der Waals surface area (Å²) in [5, 5.41) is 0. The van der Waals surface area contributed by atoms with Gasteiger partial charge in [-0.25, -0.2) is 4.98 Å². The van der Waals surface area contributed by atoms with Crippen LogP contribution in [0.1, 0.15) is 45.8 Å². The second kappa shape index (κ2) is 6.63. The van der Waals surface area contributed by atoms with Crippen molar-refractivity contribution in [3.05, 3.63) is 64.5 Å². The molecule has 0 aliphatic heterocycles. The van der Waals surface area contributed by atoms with Crippen molar-refractivity contribution in [2.75, 3.05) is 7.05 Å². The summed E-state index contributed by atoms with van der Waals surface area (Å²) in [5.74, 6) is -0.359. The number of amides is 1. The lowest BCUT2D eigenvalue weighted by Crippen LogP contribution is -2.30. The van der Waals surface area contributed by atoms with E-state index in [1.807, 2.05) is 38.1 Å². The second-order valence-electron chi connectivity index (χ2n) is 5.83. The Balaban J connectivity index is 2.26. The van der Waals surface area contributed by atoms with Crippen LogP contribution < -0.4 is 0 Å². The number of carbonyl (C=O) groups excluding carboxylic acids is 1. The quantitative estimate of drug-likeness (QED) is 0.824. The highest BCUT2D eigenvalue weighted by atomic mass is 19.4. The first-order valence-electron chi connectivity index (χ1n) is 7.50. The van der Waals surface area contributed by atoms with Gasteiger partial charge in [0.25, 0.3) is 5.91 Å². The van der Waals surface area contributed by atoms with Crippen molar-refractivity contribution >= 4 is 5.91 Å². The smallest absolute Gasteiger partial charge is 0.335 e. The van der Waals surface area contributed by atoms with Gasteiger partial charge in [0.15, 0.2) is 0 Å². The molecule has 3 nitrogen and oxygen atoms in total. The van der Waals surface area contributed by atoms with Gasteiger partial charge in [0.05, 0.1) is 17.3 Å². The van der Waals surface area contributed by atoms with Gasteiger partial charge in [0, 0.05) is 7.05 Å². The van der Waals surface area contributed by atoms with Crippen LogP contribution in [0.5, 0.6) is 0 Å². The highest BCUT2D eigenvalue weighted by molar-refractivity contribution is 5.95. The molecule has 0 spiro atoms. The van der Waals surface area contributed by atoms with Crippen LogP contribution >= 0.6 is 0 Å². The number of nitrogens with zero attached hydrogens (tertiary/aromatic N) is 2. The van der Waals surface area contributed by atoms with Gasteiger partial charge in [-0.05, 0) is 38.5 Å². The molecule has 1 amide bonds. The van der Waals surface area contributed by atoms with Crippen molar-refractivity contribution < 1.29 is 18.0 Å². The number of carbonyl (C=O) groups is 1. The molecule has 24 heavy (non-hydrogen) atoms. The van der Waals surface area contributed by atoms with Crippen molar-refractivity contribution in [2.45, 2.75) is 33.0 Å². The van der Waals surface area contributed by atoms with Crippen LogP contribution in [0, 0.1) is 13.8 Å². The van der Waals surface area contributed by atoms with Crippen LogP contribution in [0.15, 0.2) is 36.4 Å². The van der Waals surface area contributed by atoms with Crippen LogP contribution in [0.25, 0.3) is 0 Å². The predicted molar refractivity (Wildman–Crippen MR) is 85.7 cm³/mol. The van der Waals surface area contributed by atoms with Gasteiger partial charge < -0.3 is 4.90 Å². The second-order valence-corrected chi connectivity index (χ2v) is 5.83. The maximum absolute atomic E-state index is 12.7. The molecule has 0 aliphatic rings. The predicted octanol–water partition coefficient (Wildman–Crippen LogP) is 4.55. The minimum atomic E-state index is -4.52. The standard InChI is InChI=1S/C18H19F3N2O/c1-11-5-7-14(8-6-11)13(3)23(4)17(24)15-9-10-16(18(19,20)21)22-12(15)2/h5-10,13H,1-4H3. The molecule has 2 aromatic rings. The molecule has 0 radical (unpaired) electrons. The Kier molecular flexibility index (Phi) is 4.96.